The first-order valence-electron chi connectivity index (χ1n) is 5.21. The Morgan fingerprint density at radius 3 is 2.56 bits per heavy atom. The third kappa shape index (κ3) is 1.91. The summed E-state index contributed by atoms with van der Waals surface area (Å²) in [7, 11) is 1.86. The number of hydrogen-bond acceptors (Lipinski definition) is 3. The van der Waals surface area contributed by atoms with Crippen molar-refractivity contribution < 1.29 is 4.92 Å². The van der Waals surface area contributed by atoms with Gasteiger partial charge in [-0.1, -0.05) is 29.8 Å². The van der Waals surface area contributed by atoms with E-state index >= 15 is 0 Å². The Hall–Kier alpha value is -1.84. The second kappa shape index (κ2) is 3.96. The van der Waals surface area contributed by atoms with E-state index in [2.05, 4.69) is 0 Å². The smallest absolute Gasteiger partial charge is 0.271 e. The van der Waals surface area contributed by atoms with Crippen molar-refractivity contribution in [1.82, 2.24) is 4.90 Å². The summed E-state index contributed by atoms with van der Waals surface area (Å²) in [6, 6.07) is 7.92. The third-order valence-corrected chi connectivity index (χ3v) is 2.87. The first-order valence-corrected chi connectivity index (χ1v) is 5.21. The van der Waals surface area contributed by atoms with E-state index in [1.807, 2.05) is 43.1 Å². The van der Waals surface area contributed by atoms with Crippen molar-refractivity contribution in [2.45, 2.75) is 12.8 Å². The van der Waals surface area contributed by atoms with E-state index in [0.717, 1.165) is 5.56 Å². The van der Waals surface area contributed by atoms with Crippen LogP contribution in [-0.4, -0.2) is 23.4 Å². The van der Waals surface area contributed by atoms with Crippen LogP contribution in [0.2, 0.25) is 0 Å². The molecule has 4 heteroatoms. The van der Waals surface area contributed by atoms with Gasteiger partial charge >= 0.3 is 0 Å². The highest BCUT2D eigenvalue weighted by Gasteiger charge is 2.32. The summed E-state index contributed by atoms with van der Waals surface area (Å²) in [5.74, 6) is -0.111. The van der Waals surface area contributed by atoms with Gasteiger partial charge in [0.05, 0.1) is 17.0 Å². The molecule has 1 aliphatic rings. The number of nitro groups is 1. The van der Waals surface area contributed by atoms with Crippen molar-refractivity contribution >= 4 is 0 Å². The van der Waals surface area contributed by atoms with Crippen LogP contribution in [0.15, 0.2) is 36.2 Å². The van der Waals surface area contributed by atoms with Crippen LogP contribution in [0.25, 0.3) is 0 Å². The zero-order valence-corrected chi connectivity index (χ0v) is 9.38. The second-order valence-corrected chi connectivity index (χ2v) is 4.21. The molecule has 0 spiro atoms. The molecule has 1 aliphatic heterocycles. The number of nitrogens with zero attached hydrogens (tertiary/aromatic N) is 2. The average Bonchev–Trinajstić information content (AvgIpc) is 2.61. The number of hydrogen-bond donors (Lipinski definition) is 0. The van der Waals surface area contributed by atoms with E-state index in [4.69, 9.17) is 0 Å². The highest BCUT2D eigenvalue weighted by Crippen LogP contribution is 2.30. The van der Waals surface area contributed by atoms with Gasteiger partial charge in [0.2, 0.25) is 0 Å². The molecule has 1 unspecified atom stereocenters. The Kier molecular flexibility index (Phi) is 2.64. The average molecular weight is 218 g/mol. The maximum absolute atomic E-state index is 10.9. The first-order chi connectivity index (χ1) is 7.58. The number of rotatable bonds is 2. The Bertz CT molecular complexity index is 437. The van der Waals surface area contributed by atoms with Gasteiger partial charge in [-0.2, -0.15) is 0 Å². The van der Waals surface area contributed by atoms with Crippen LogP contribution in [-0.2, 0) is 0 Å². The van der Waals surface area contributed by atoms with E-state index < -0.39 is 0 Å². The lowest BCUT2D eigenvalue weighted by atomic mass is 9.97. The topological polar surface area (TPSA) is 46.4 Å². The van der Waals surface area contributed by atoms with Crippen molar-refractivity contribution in [2.24, 2.45) is 0 Å². The summed E-state index contributed by atoms with van der Waals surface area (Å²) in [6.07, 6.45) is 1.62. The standard InChI is InChI=1S/C12H14N2O2/c1-9-3-5-10(6-4-9)11-7-13(2)8-12(11)14(15)16/h3-6,8,11H,7H2,1-2H3. The summed E-state index contributed by atoms with van der Waals surface area (Å²) < 4.78 is 0. The maximum atomic E-state index is 10.9. The molecule has 0 N–H and O–H groups in total. The molecule has 0 amide bonds. The predicted molar refractivity (Wildman–Crippen MR) is 61.6 cm³/mol. The Morgan fingerprint density at radius 1 is 1.38 bits per heavy atom. The molecular weight excluding hydrogens is 204 g/mol. The molecule has 0 aliphatic carbocycles. The fourth-order valence-corrected chi connectivity index (χ4v) is 2.00. The van der Waals surface area contributed by atoms with Crippen molar-refractivity contribution in [1.29, 1.82) is 0 Å². The second-order valence-electron chi connectivity index (χ2n) is 4.21. The molecule has 4 nitrogen and oxygen atoms in total. The third-order valence-electron chi connectivity index (χ3n) is 2.87. The Morgan fingerprint density at radius 2 is 2.00 bits per heavy atom. The highest BCUT2D eigenvalue weighted by atomic mass is 16.6. The summed E-state index contributed by atoms with van der Waals surface area (Å²) in [4.78, 5) is 12.5. The van der Waals surface area contributed by atoms with Crippen LogP contribution in [0.3, 0.4) is 0 Å². The van der Waals surface area contributed by atoms with Crippen LogP contribution in [0.5, 0.6) is 0 Å². The predicted octanol–water partition coefficient (Wildman–Crippen LogP) is 2.14. The van der Waals surface area contributed by atoms with E-state index in [0.29, 0.717) is 6.54 Å². The van der Waals surface area contributed by atoms with E-state index in [-0.39, 0.29) is 16.5 Å². The molecule has 0 fully saturated rings. The van der Waals surface area contributed by atoms with Gasteiger partial charge in [-0.25, -0.2) is 0 Å². The fourth-order valence-electron chi connectivity index (χ4n) is 2.00. The van der Waals surface area contributed by atoms with Gasteiger partial charge in [0.25, 0.3) is 5.70 Å². The van der Waals surface area contributed by atoms with Crippen LogP contribution in [0.1, 0.15) is 17.0 Å². The highest BCUT2D eigenvalue weighted by molar-refractivity contribution is 5.31. The minimum Gasteiger partial charge on any atom is -0.374 e. The van der Waals surface area contributed by atoms with Crippen molar-refractivity contribution in [3.8, 4) is 0 Å². The van der Waals surface area contributed by atoms with E-state index in [1.54, 1.807) is 6.20 Å². The van der Waals surface area contributed by atoms with Crippen molar-refractivity contribution in [3.63, 3.8) is 0 Å². The molecule has 1 aromatic rings. The van der Waals surface area contributed by atoms with Crippen molar-refractivity contribution in [2.75, 3.05) is 13.6 Å². The molecule has 0 saturated heterocycles. The molecule has 84 valence electrons. The van der Waals surface area contributed by atoms with Gasteiger partial charge in [0.1, 0.15) is 0 Å². The monoisotopic (exact) mass is 218 g/mol. The first kappa shape index (κ1) is 10.7. The molecule has 0 aromatic heterocycles. The minimum absolute atomic E-state index is 0.111. The minimum atomic E-state index is -0.284. The fraction of sp³-hybridized carbons (Fsp3) is 0.333. The van der Waals surface area contributed by atoms with Crippen LogP contribution >= 0.6 is 0 Å². The quantitative estimate of drug-likeness (QED) is 0.564. The largest absolute Gasteiger partial charge is 0.374 e. The molecule has 16 heavy (non-hydrogen) atoms. The van der Waals surface area contributed by atoms with Crippen LogP contribution in [0, 0.1) is 17.0 Å². The van der Waals surface area contributed by atoms with E-state index in [9.17, 15) is 10.1 Å². The molecule has 1 atom stereocenters. The Balaban J connectivity index is 2.31. The van der Waals surface area contributed by atoms with Gasteiger partial charge in [-0.05, 0) is 12.5 Å². The van der Waals surface area contributed by atoms with Gasteiger partial charge < -0.3 is 4.90 Å². The number of benzene rings is 1. The van der Waals surface area contributed by atoms with Gasteiger partial charge in [0.15, 0.2) is 0 Å². The van der Waals surface area contributed by atoms with Crippen LogP contribution in [0.4, 0.5) is 0 Å². The lowest BCUT2D eigenvalue weighted by molar-refractivity contribution is -0.428. The molecule has 2 rings (SSSR count). The summed E-state index contributed by atoms with van der Waals surface area (Å²) in [6.45, 7) is 2.69. The van der Waals surface area contributed by atoms with Gasteiger partial charge in [-0.15, -0.1) is 0 Å². The number of aryl methyl sites for hydroxylation is 1. The zero-order valence-electron chi connectivity index (χ0n) is 9.38. The van der Waals surface area contributed by atoms with Gasteiger partial charge in [0, 0.05) is 13.6 Å². The molecule has 1 aromatic carbocycles. The zero-order chi connectivity index (χ0) is 11.7. The van der Waals surface area contributed by atoms with Crippen LogP contribution < -0.4 is 0 Å². The molecule has 0 saturated carbocycles. The van der Waals surface area contributed by atoms with Crippen molar-refractivity contribution in [3.05, 3.63) is 57.4 Å². The van der Waals surface area contributed by atoms with Gasteiger partial charge in [-0.3, -0.25) is 10.1 Å². The normalized spacial score (nSPS) is 19.8. The molecule has 0 bridgehead atoms. The summed E-state index contributed by atoms with van der Waals surface area (Å²) in [5.41, 5.74) is 2.46. The maximum Gasteiger partial charge on any atom is 0.271 e. The summed E-state index contributed by atoms with van der Waals surface area (Å²) >= 11 is 0. The molecular formula is C12H14N2O2. The summed E-state index contributed by atoms with van der Waals surface area (Å²) in [5, 5.41) is 10.9. The van der Waals surface area contributed by atoms with E-state index in [1.165, 1.54) is 5.56 Å². The SMILES string of the molecule is Cc1ccc(C2CN(C)C=C2[N+](=O)[O-])cc1. The molecule has 0 radical (unpaired) electrons. The Labute approximate surface area is 94.3 Å². The molecule has 1 heterocycles. The lowest BCUT2D eigenvalue weighted by Gasteiger charge is -2.11. The lowest BCUT2D eigenvalue weighted by Crippen LogP contribution is -2.14. The number of likely N-dealkylation sites (N-methyl/N-ethyl adjacent to an activating group) is 1.